The number of amides is 1. The molecule has 0 aliphatic rings. The second-order valence-corrected chi connectivity index (χ2v) is 8.74. The number of carbonyl (C=O) groups excluding carboxylic acids is 1. The van der Waals surface area contributed by atoms with Crippen molar-refractivity contribution >= 4 is 21.6 Å². The van der Waals surface area contributed by atoms with Crippen molar-refractivity contribution in [2.75, 3.05) is 38.2 Å². The highest BCUT2D eigenvalue weighted by molar-refractivity contribution is 7.92. The van der Waals surface area contributed by atoms with Gasteiger partial charge in [0, 0.05) is 6.07 Å². The molecule has 1 amide bonds. The number of hydrogen-bond donors (Lipinski definition) is 1. The van der Waals surface area contributed by atoms with E-state index >= 15 is 0 Å². The third-order valence-corrected chi connectivity index (χ3v) is 6.50. The largest absolute Gasteiger partial charge is 0.493 e. The fourth-order valence-corrected chi connectivity index (χ4v) is 4.51. The molecule has 0 saturated carbocycles. The van der Waals surface area contributed by atoms with Crippen molar-refractivity contribution in [2.24, 2.45) is 0 Å². The SMILES string of the molecule is COc1ccc(N(CC(=O)NCCOc2ccccc2)S(=O)(=O)c2ccccc2)cc1OC. The molecule has 9 heteroatoms. The summed E-state index contributed by atoms with van der Waals surface area (Å²) < 4.78 is 43.9. The normalized spacial score (nSPS) is 10.8. The molecule has 0 aliphatic heterocycles. The predicted molar refractivity (Wildman–Crippen MR) is 125 cm³/mol. The molecule has 3 rings (SSSR count). The second-order valence-electron chi connectivity index (χ2n) is 6.88. The van der Waals surface area contributed by atoms with Crippen molar-refractivity contribution in [1.29, 1.82) is 0 Å². The Bertz CT molecular complexity index is 1150. The number of carbonyl (C=O) groups is 1. The van der Waals surface area contributed by atoms with Gasteiger partial charge >= 0.3 is 0 Å². The minimum absolute atomic E-state index is 0.0694. The van der Waals surface area contributed by atoms with Crippen LogP contribution in [0, 0.1) is 0 Å². The number of methoxy groups -OCH3 is 2. The quantitative estimate of drug-likeness (QED) is 0.433. The van der Waals surface area contributed by atoms with Gasteiger partial charge in [0.2, 0.25) is 5.91 Å². The van der Waals surface area contributed by atoms with Crippen LogP contribution < -0.4 is 23.8 Å². The third-order valence-electron chi connectivity index (χ3n) is 4.71. The molecule has 174 valence electrons. The van der Waals surface area contributed by atoms with Crippen LogP contribution in [0.4, 0.5) is 5.69 Å². The minimum Gasteiger partial charge on any atom is -0.493 e. The molecule has 3 aromatic rings. The van der Waals surface area contributed by atoms with E-state index < -0.39 is 22.5 Å². The summed E-state index contributed by atoms with van der Waals surface area (Å²) in [5.74, 6) is 1.01. The van der Waals surface area contributed by atoms with E-state index in [-0.39, 0.29) is 23.7 Å². The Morgan fingerprint density at radius 2 is 1.52 bits per heavy atom. The summed E-state index contributed by atoms with van der Waals surface area (Å²) in [6.45, 7) is 0.0501. The van der Waals surface area contributed by atoms with E-state index in [9.17, 15) is 13.2 Å². The first-order chi connectivity index (χ1) is 16.0. The molecule has 33 heavy (non-hydrogen) atoms. The van der Waals surface area contributed by atoms with Crippen molar-refractivity contribution in [1.82, 2.24) is 5.32 Å². The van der Waals surface area contributed by atoms with Gasteiger partial charge in [-0.3, -0.25) is 9.10 Å². The van der Waals surface area contributed by atoms with Gasteiger partial charge in [-0.05, 0) is 36.4 Å². The molecule has 0 aliphatic carbocycles. The zero-order chi connectivity index (χ0) is 23.7. The molecule has 1 N–H and O–H groups in total. The Hall–Kier alpha value is -3.72. The van der Waals surface area contributed by atoms with Gasteiger partial charge in [0.25, 0.3) is 10.0 Å². The molecule has 0 saturated heterocycles. The molecule has 3 aromatic carbocycles. The smallest absolute Gasteiger partial charge is 0.264 e. The van der Waals surface area contributed by atoms with Gasteiger partial charge in [0.05, 0.1) is 31.3 Å². The van der Waals surface area contributed by atoms with Crippen LogP contribution in [0.5, 0.6) is 17.2 Å². The molecular formula is C24H26N2O6S. The van der Waals surface area contributed by atoms with Gasteiger partial charge < -0.3 is 19.5 Å². The van der Waals surface area contributed by atoms with Gasteiger partial charge in [-0.15, -0.1) is 0 Å². The highest BCUT2D eigenvalue weighted by Gasteiger charge is 2.28. The van der Waals surface area contributed by atoms with Crippen molar-refractivity contribution < 1.29 is 27.4 Å². The fraction of sp³-hybridized carbons (Fsp3) is 0.208. The molecule has 0 fully saturated rings. The maximum absolute atomic E-state index is 13.4. The number of nitrogens with zero attached hydrogens (tertiary/aromatic N) is 1. The van der Waals surface area contributed by atoms with Crippen LogP contribution in [0.25, 0.3) is 0 Å². The summed E-state index contributed by atoms with van der Waals surface area (Å²) in [5.41, 5.74) is 0.271. The zero-order valence-corrected chi connectivity index (χ0v) is 19.2. The molecule has 0 unspecified atom stereocenters. The lowest BCUT2D eigenvalue weighted by Gasteiger charge is -2.25. The molecule has 8 nitrogen and oxygen atoms in total. The van der Waals surface area contributed by atoms with Crippen LogP contribution in [0.3, 0.4) is 0 Å². The van der Waals surface area contributed by atoms with E-state index in [4.69, 9.17) is 14.2 Å². The number of nitrogens with one attached hydrogen (secondary N) is 1. The van der Waals surface area contributed by atoms with Gasteiger partial charge in [-0.25, -0.2) is 8.42 Å². The number of sulfonamides is 1. The van der Waals surface area contributed by atoms with Gasteiger partial charge in [0.1, 0.15) is 18.9 Å². The van der Waals surface area contributed by atoms with E-state index in [2.05, 4.69) is 5.32 Å². The Kier molecular flexibility index (Phi) is 8.15. The number of ether oxygens (including phenoxy) is 3. The van der Waals surface area contributed by atoms with Crippen LogP contribution in [0.15, 0.2) is 83.8 Å². The number of hydrogen-bond acceptors (Lipinski definition) is 6. The van der Waals surface area contributed by atoms with Crippen LogP contribution in [0.1, 0.15) is 0 Å². The van der Waals surface area contributed by atoms with Crippen molar-refractivity contribution in [3.05, 3.63) is 78.9 Å². The Morgan fingerprint density at radius 3 is 2.15 bits per heavy atom. The monoisotopic (exact) mass is 470 g/mol. The summed E-state index contributed by atoms with van der Waals surface area (Å²) in [4.78, 5) is 12.7. The Labute approximate surface area is 193 Å². The van der Waals surface area contributed by atoms with Crippen LogP contribution in [-0.2, 0) is 14.8 Å². The van der Waals surface area contributed by atoms with Crippen molar-refractivity contribution in [3.8, 4) is 17.2 Å². The van der Waals surface area contributed by atoms with Crippen molar-refractivity contribution in [2.45, 2.75) is 4.90 Å². The average molecular weight is 471 g/mol. The van der Waals surface area contributed by atoms with E-state index in [1.165, 1.54) is 32.4 Å². The highest BCUT2D eigenvalue weighted by atomic mass is 32.2. The first kappa shape index (κ1) is 23.9. The number of rotatable bonds is 11. The predicted octanol–water partition coefficient (Wildman–Crippen LogP) is 3.09. The lowest BCUT2D eigenvalue weighted by atomic mass is 10.2. The lowest BCUT2D eigenvalue weighted by molar-refractivity contribution is -0.119. The van der Waals surface area contributed by atoms with Crippen LogP contribution in [-0.4, -0.2) is 48.2 Å². The maximum atomic E-state index is 13.4. The van der Waals surface area contributed by atoms with Crippen LogP contribution >= 0.6 is 0 Å². The third kappa shape index (κ3) is 6.17. The molecule has 0 aromatic heterocycles. The maximum Gasteiger partial charge on any atom is 0.264 e. The second kappa shape index (κ2) is 11.2. The van der Waals surface area contributed by atoms with E-state index in [1.807, 2.05) is 30.3 Å². The molecule has 0 heterocycles. The average Bonchev–Trinajstić information content (AvgIpc) is 2.86. The summed E-state index contributed by atoms with van der Waals surface area (Å²) in [6.07, 6.45) is 0. The van der Waals surface area contributed by atoms with Crippen LogP contribution in [0.2, 0.25) is 0 Å². The summed E-state index contributed by atoms with van der Waals surface area (Å²) in [5, 5.41) is 2.70. The summed E-state index contributed by atoms with van der Waals surface area (Å²) in [6, 6.07) is 21.8. The number of anilines is 1. The minimum atomic E-state index is -4.02. The summed E-state index contributed by atoms with van der Waals surface area (Å²) in [7, 11) is -1.08. The van der Waals surface area contributed by atoms with Crippen molar-refractivity contribution in [3.63, 3.8) is 0 Å². The Morgan fingerprint density at radius 1 is 0.879 bits per heavy atom. The van der Waals surface area contributed by atoms with E-state index in [1.54, 1.807) is 30.3 Å². The molecular weight excluding hydrogens is 444 g/mol. The standard InChI is InChI=1S/C24H26N2O6S/c1-30-22-14-13-19(17-23(22)31-2)26(33(28,29)21-11-7-4-8-12-21)18-24(27)25-15-16-32-20-9-5-3-6-10-20/h3-14,17H,15-16,18H2,1-2H3,(H,25,27). The first-order valence-electron chi connectivity index (χ1n) is 10.2. The first-order valence-corrected chi connectivity index (χ1v) is 11.6. The Balaban J connectivity index is 1.78. The highest BCUT2D eigenvalue weighted by Crippen LogP contribution is 2.33. The summed E-state index contributed by atoms with van der Waals surface area (Å²) >= 11 is 0. The number of benzene rings is 3. The molecule has 0 bridgehead atoms. The van der Waals surface area contributed by atoms with E-state index in [0.717, 1.165) is 4.31 Å². The van der Waals surface area contributed by atoms with Gasteiger partial charge in [-0.1, -0.05) is 36.4 Å². The molecule has 0 radical (unpaired) electrons. The zero-order valence-electron chi connectivity index (χ0n) is 18.4. The van der Waals surface area contributed by atoms with Gasteiger partial charge in [0.15, 0.2) is 11.5 Å². The topological polar surface area (TPSA) is 94.2 Å². The fourth-order valence-electron chi connectivity index (χ4n) is 3.08. The number of para-hydroxylation sites is 1. The van der Waals surface area contributed by atoms with Gasteiger partial charge in [-0.2, -0.15) is 0 Å². The lowest BCUT2D eigenvalue weighted by Crippen LogP contribution is -2.41. The molecule has 0 spiro atoms. The molecule has 0 atom stereocenters. The van der Waals surface area contributed by atoms with E-state index in [0.29, 0.717) is 17.2 Å².